The van der Waals surface area contributed by atoms with Gasteiger partial charge in [0.1, 0.15) is 18.0 Å². The van der Waals surface area contributed by atoms with Crippen LogP contribution in [-0.4, -0.2) is 63.4 Å². The number of carbonyl (C=O) groups is 4. The summed E-state index contributed by atoms with van der Waals surface area (Å²) in [6.45, 7) is -1.33. The lowest BCUT2D eigenvalue weighted by Gasteiger charge is -2.28. The van der Waals surface area contributed by atoms with Crippen molar-refractivity contribution < 1.29 is 33.6 Å². The molecule has 0 aromatic heterocycles. The van der Waals surface area contributed by atoms with Crippen molar-refractivity contribution in [2.75, 3.05) is 25.6 Å². The normalized spacial score (nSPS) is 29.7. The minimum absolute atomic E-state index is 0.0197. The molecule has 4 rings (SSSR count). The van der Waals surface area contributed by atoms with Gasteiger partial charge in [0, 0.05) is 21.8 Å². The number of esters is 1. The van der Waals surface area contributed by atoms with E-state index in [4.69, 9.17) is 9.47 Å². The Labute approximate surface area is 204 Å². The molecule has 33 heavy (non-hydrogen) atoms. The van der Waals surface area contributed by atoms with E-state index in [-0.39, 0.29) is 38.6 Å². The molecule has 1 heterocycles. The molecule has 0 radical (unpaired) electrons. The smallest absolute Gasteiger partial charge is 0.326 e. The van der Waals surface area contributed by atoms with Crippen LogP contribution >= 0.6 is 31.9 Å². The van der Waals surface area contributed by atoms with E-state index in [1.165, 1.54) is 25.3 Å². The van der Waals surface area contributed by atoms with Gasteiger partial charge in [0.25, 0.3) is 11.6 Å². The number of nitrogens with one attached hydrogen (secondary N) is 1. The second-order valence-corrected chi connectivity index (χ2v) is 10.2. The first-order chi connectivity index (χ1) is 15.6. The lowest BCUT2D eigenvalue weighted by molar-refractivity contribution is -0.383. The minimum atomic E-state index is -0.926. The van der Waals surface area contributed by atoms with Crippen molar-refractivity contribution in [1.82, 2.24) is 4.90 Å². The maximum atomic E-state index is 12.8. The quantitative estimate of drug-likeness (QED) is 0.167. The van der Waals surface area contributed by atoms with Gasteiger partial charge in [-0.05, 0) is 24.3 Å². The SMILES string of the molecule is COc1ccc([N+](=O)[O-])c(NC(=O)COC(=O)CN2C(=O)[C@@H]3[C@H]4C[C@@H]([C@@H](Br)[C@H]4Br)[C@H]3C2=O)c1. The molecule has 1 saturated heterocycles. The molecule has 13 heteroatoms. The van der Waals surface area contributed by atoms with Gasteiger partial charge in [-0.1, -0.05) is 31.9 Å². The highest BCUT2D eigenvalue weighted by atomic mass is 79.9. The van der Waals surface area contributed by atoms with Gasteiger partial charge < -0.3 is 14.8 Å². The molecule has 0 spiro atoms. The highest BCUT2D eigenvalue weighted by Crippen LogP contribution is 2.60. The second-order valence-electron chi connectivity index (χ2n) is 8.12. The van der Waals surface area contributed by atoms with Crippen LogP contribution in [0.4, 0.5) is 11.4 Å². The minimum Gasteiger partial charge on any atom is -0.497 e. The molecule has 3 fully saturated rings. The van der Waals surface area contributed by atoms with Crippen LogP contribution in [0.3, 0.4) is 0 Å². The molecule has 2 saturated carbocycles. The summed E-state index contributed by atoms with van der Waals surface area (Å²) in [7, 11) is 1.37. The lowest BCUT2D eigenvalue weighted by Crippen LogP contribution is -2.38. The molecule has 176 valence electrons. The number of amides is 3. The predicted molar refractivity (Wildman–Crippen MR) is 120 cm³/mol. The fourth-order valence-corrected chi connectivity index (χ4v) is 6.85. The van der Waals surface area contributed by atoms with Crippen molar-refractivity contribution in [3.8, 4) is 5.75 Å². The Bertz CT molecular complexity index is 1020. The van der Waals surface area contributed by atoms with Gasteiger partial charge in [-0.25, -0.2) is 0 Å². The zero-order valence-corrected chi connectivity index (χ0v) is 20.4. The molecule has 11 nitrogen and oxygen atoms in total. The fraction of sp³-hybridized carbons (Fsp3) is 0.500. The summed E-state index contributed by atoms with van der Waals surface area (Å²) in [6.07, 6.45) is 0.771. The van der Waals surface area contributed by atoms with Crippen molar-refractivity contribution >= 4 is 66.9 Å². The molecule has 1 aromatic rings. The molecule has 0 unspecified atom stereocenters. The molecule has 1 aromatic carbocycles. The number of nitro benzene ring substituents is 1. The number of alkyl halides is 2. The number of carbonyl (C=O) groups excluding carboxylic acids is 4. The summed E-state index contributed by atoms with van der Waals surface area (Å²) in [5, 5.41) is 13.4. The van der Waals surface area contributed by atoms with Crippen molar-refractivity contribution in [3.05, 3.63) is 28.3 Å². The number of nitrogens with zero attached hydrogens (tertiary/aromatic N) is 2. The van der Waals surface area contributed by atoms with Crippen LogP contribution < -0.4 is 10.1 Å². The monoisotopic (exact) mass is 587 g/mol. The number of nitro groups is 1. The third kappa shape index (κ3) is 4.12. The van der Waals surface area contributed by atoms with Crippen LogP contribution in [0.25, 0.3) is 0 Å². The van der Waals surface area contributed by atoms with E-state index in [0.717, 1.165) is 11.3 Å². The van der Waals surface area contributed by atoms with E-state index in [0.29, 0.717) is 0 Å². The third-order valence-corrected chi connectivity index (χ3v) is 9.61. The summed E-state index contributed by atoms with van der Waals surface area (Å²) in [4.78, 5) is 61.6. The standard InChI is InChI=1S/C20H19Br2N3O8/c1-32-8-2-3-12(25(30)31)11(4-8)23-13(26)7-33-14(27)6-24-19(28)15-9-5-10(16(15)20(24)29)18(22)17(9)21/h2-4,9-10,15-18H,5-7H2,1H3,(H,23,26)/t9-,10-,15-,16-,17-,18+/m1/s1. The van der Waals surface area contributed by atoms with E-state index < -0.39 is 53.6 Å². The molecule has 2 bridgehead atoms. The Morgan fingerprint density at radius 1 is 1.18 bits per heavy atom. The Morgan fingerprint density at radius 3 is 2.33 bits per heavy atom. The van der Waals surface area contributed by atoms with E-state index in [9.17, 15) is 29.3 Å². The molecule has 2 aliphatic carbocycles. The molecule has 1 N–H and O–H groups in total. The van der Waals surface area contributed by atoms with Crippen molar-refractivity contribution in [1.29, 1.82) is 0 Å². The molecule has 6 atom stereocenters. The van der Waals surface area contributed by atoms with Gasteiger partial charge >= 0.3 is 5.97 Å². The van der Waals surface area contributed by atoms with Crippen LogP contribution in [0.1, 0.15) is 6.42 Å². The summed E-state index contributed by atoms with van der Waals surface area (Å²) in [5.74, 6) is -3.12. The Hall–Kier alpha value is -2.54. The number of rotatable bonds is 7. The molecule has 1 aliphatic heterocycles. The molecule has 3 amide bonds. The van der Waals surface area contributed by atoms with E-state index in [1.807, 2.05) is 0 Å². The first-order valence-electron chi connectivity index (χ1n) is 10.0. The summed E-state index contributed by atoms with van der Waals surface area (Å²) in [6, 6.07) is 3.81. The zero-order valence-electron chi connectivity index (χ0n) is 17.2. The molecular weight excluding hydrogens is 570 g/mol. The van der Waals surface area contributed by atoms with Crippen molar-refractivity contribution in [2.24, 2.45) is 23.7 Å². The Balaban J connectivity index is 1.34. The number of methoxy groups -OCH3 is 1. The maximum Gasteiger partial charge on any atom is 0.326 e. The highest BCUT2D eigenvalue weighted by Gasteiger charge is 2.66. The summed E-state index contributed by atoms with van der Waals surface area (Å²) < 4.78 is 9.90. The number of likely N-dealkylation sites (tertiary alicyclic amines) is 1. The van der Waals surface area contributed by atoms with Gasteiger partial charge in [0.2, 0.25) is 11.8 Å². The number of hydrogen-bond acceptors (Lipinski definition) is 8. The van der Waals surface area contributed by atoms with Crippen LogP contribution in [0.5, 0.6) is 5.75 Å². The van der Waals surface area contributed by atoms with Crippen LogP contribution in [0.2, 0.25) is 0 Å². The largest absolute Gasteiger partial charge is 0.497 e. The zero-order chi connectivity index (χ0) is 24.0. The van der Waals surface area contributed by atoms with Crippen LogP contribution in [-0.2, 0) is 23.9 Å². The number of anilines is 1. The van der Waals surface area contributed by atoms with Crippen molar-refractivity contribution in [2.45, 2.75) is 16.1 Å². The highest BCUT2D eigenvalue weighted by molar-refractivity contribution is 9.12. The van der Waals surface area contributed by atoms with Gasteiger partial charge in [0.15, 0.2) is 6.61 Å². The first kappa shape index (κ1) is 23.6. The molecular formula is C20H19Br2N3O8. The van der Waals surface area contributed by atoms with Crippen molar-refractivity contribution in [3.63, 3.8) is 0 Å². The van der Waals surface area contributed by atoms with E-state index in [1.54, 1.807) is 0 Å². The van der Waals surface area contributed by atoms with Gasteiger partial charge in [0.05, 0.1) is 23.9 Å². The average Bonchev–Trinajstić information content (AvgIpc) is 3.38. The number of halogens is 2. The van der Waals surface area contributed by atoms with Crippen LogP contribution in [0.15, 0.2) is 18.2 Å². The number of ether oxygens (including phenoxy) is 2. The number of imide groups is 1. The maximum absolute atomic E-state index is 12.8. The van der Waals surface area contributed by atoms with Gasteiger partial charge in [-0.15, -0.1) is 0 Å². The summed E-state index contributed by atoms with van der Waals surface area (Å²) in [5.41, 5.74) is -0.484. The number of fused-ring (bicyclic) bond motifs is 5. The summed E-state index contributed by atoms with van der Waals surface area (Å²) >= 11 is 7.18. The average molecular weight is 589 g/mol. The predicted octanol–water partition coefficient (Wildman–Crippen LogP) is 1.86. The third-order valence-electron chi connectivity index (χ3n) is 6.40. The van der Waals surface area contributed by atoms with E-state index in [2.05, 4.69) is 37.2 Å². The second kappa shape index (κ2) is 9.01. The number of benzene rings is 1. The van der Waals surface area contributed by atoms with Gasteiger partial charge in [-0.3, -0.25) is 34.2 Å². The van der Waals surface area contributed by atoms with E-state index >= 15 is 0 Å². The topological polar surface area (TPSA) is 145 Å². The fourth-order valence-electron chi connectivity index (χ4n) is 4.97. The number of hydrogen-bond donors (Lipinski definition) is 1. The van der Waals surface area contributed by atoms with Crippen LogP contribution in [0, 0.1) is 33.8 Å². The Morgan fingerprint density at radius 2 is 1.79 bits per heavy atom. The lowest BCUT2D eigenvalue weighted by atomic mass is 9.81. The Kier molecular flexibility index (Phi) is 6.45. The molecule has 3 aliphatic rings. The van der Waals surface area contributed by atoms with Gasteiger partial charge in [-0.2, -0.15) is 0 Å². The first-order valence-corrected chi connectivity index (χ1v) is 11.9.